The second-order valence-corrected chi connectivity index (χ2v) is 5.77. The molecule has 0 spiro atoms. The summed E-state index contributed by atoms with van der Waals surface area (Å²) in [5.41, 5.74) is 0.769. The maximum Gasteiger partial charge on any atom is 0.358 e. The van der Waals surface area contributed by atoms with E-state index in [1.807, 2.05) is 24.3 Å². The van der Waals surface area contributed by atoms with Crippen molar-refractivity contribution in [1.82, 2.24) is 4.98 Å². The Kier molecular flexibility index (Phi) is 5.27. The van der Waals surface area contributed by atoms with E-state index < -0.39 is 5.97 Å². The largest absolute Gasteiger partial charge is 0.456 e. The number of carbonyl (C=O) groups is 1. The van der Waals surface area contributed by atoms with Crippen LogP contribution in [0.3, 0.4) is 0 Å². The topological polar surface area (TPSA) is 39.2 Å². The van der Waals surface area contributed by atoms with Crippen molar-refractivity contribution < 1.29 is 9.53 Å². The van der Waals surface area contributed by atoms with E-state index in [2.05, 4.69) is 20.9 Å². The van der Waals surface area contributed by atoms with E-state index in [9.17, 15) is 4.79 Å². The van der Waals surface area contributed by atoms with Gasteiger partial charge in [0.2, 0.25) is 0 Å². The summed E-state index contributed by atoms with van der Waals surface area (Å²) in [6.45, 7) is 0.0957. The lowest BCUT2D eigenvalue weighted by Gasteiger charge is -2.08. The van der Waals surface area contributed by atoms with E-state index in [0.717, 1.165) is 10.0 Å². The second kappa shape index (κ2) is 6.76. The summed E-state index contributed by atoms with van der Waals surface area (Å²) in [7, 11) is 0. The highest BCUT2D eigenvalue weighted by molar-refractivity contribution is 9.10. The quantitative estimate of drug-likeness (QED) is 0.674. The Morgan fingerprint density at radius 3 is 2.60 bits per heavy atom. The molecule has 0 bridgehead atoms. The molecule has 0 atom stereocenters. The van der Waals surface area contributed by atoms with Gasteiger partial charge >= 0.3 is 5.97 Å². The number of carbonyl (C=O) groups excluding carboxylic acids is 1. The molecule has 1 aromatic heterocycles. The van der Waals surface area contributed by atoms with Crippen molar-refractivity contribution in [2.75, 3.05) is 0 Å². The Labute approximate surface area is 138 Å². The van der Waals surface area contributed by atoms with E-state index in [0.29, 0.717) is 0 Å². The normalized spacial score (nSPS) is 10.4. The Morgan fingerprint density at radius 2 is 1.90 bits per heavy atom. The first kappa shape index (κ1) is 15.6. The van der Waals surface area contributed by atoms with Gasteiger partial charge in [0.25, 0.3) is 0 Å². The number of hydrogen-bond donors (Lipinski definition) is 0. The van der Waals surface area contributed by atoms with Gasteiger partial charge in [0, 0.05) is 16.2 Å². The molecular weight excluding hydrogens is 388 g/mol. The third-order valence-corrected chi connectivity index (χ3v) is 4.44. The number of esters is 1. The van der Waals surface area contributed by atoms with E-state index >= 15 is 0 Å². The molecule has 0 N–H and O–H groups in total. The van der Waals surface area contributed by atoms with Crippen molar-refractivity contribution in [2.24, 2.45) is 0 Å². The molecule has 2 aromatic rings. The smallest absolute Gasteiger partial charge is 0.358 e. The zero-order valence-electron chi connectivity index (χ0n) is 9.87. The number of aromatic nitrogens is 1. The van der Waals surface area contributed by atoms with Gasteiger partial charge in [-0.15, -0.1) is 0 Å². The Balaban J connectivity index is 2.14. The van der Waals surface area contributed by atoms with Crippen molar-refractivity contribution >= 4 is 56.7 Å². The maximum absolute atomic E-state index is 11.9. The minimum absolute atomic E-state index is 0.0173. The lowest BCUT2D eigenvalue weighted by Crippen LogP contribution is -2.08. The Hall–Kier alpha value is -0.810. The summed E-state index contributed by atoms with van der Waals surface area (Å²) in [5.74, 6) is -0.663. The molecule has 2 rings (SSSR count). The van der Waals surface area contributed by atoms with Crippen molar-refractivity contribution in [3.63, 3.8) is 0 Å². The highest BCUT2D eigenvalue weighted by atomic mass is 79.9. The molecule has 1 aromatic carbocycles. The average molecular weight is 395 g/mol. The summed E-state index contributed by atoms with van der Waals surface area (Å²) in [6.07, 6.45) is 1.25. The lowest BCUT2D eigenvalue weighted by atomic mass is 10.2. The fourth-order valence-corrected chi connectivity index (χ4v) is 2.37. The van der Waals surface area contributed by atoms with Gasteiger partial charge in [0.05, 0.1) is 15.1 Å². The molecule has 20 heavy (non-hydrogen) atoms. The SMILES string of the molecule is O=C(OCc1ccccc1Br)c1ncc(Cl)c(Cl)c1Cl. The predicted molar refractivity (Wildman–Crippen MR) is 82.5 cm³/mol. The number of ether oxygens (including phenoxy) is 1. The molecule has 104 valence electrons. The minimum atomic E-state index is -0.663. The number of pyridine rings is 1. The third kappa shape index (κ3) is 3.44. The van der Waals surface area contributed by atoms with Crippen LogP contribution in [0.5, 0.6) is 0 Å². The van der Waals surface area contributed by atoms with Crippen LogP contribution in [0.1, 0.15) is 16.1 Å². The molecule has 1 heterocycles. The standard InChI is InChI=1S/C13H7BrCl3NO2/c14-8-4-2-1-3-7(8)6-20-13(19)12-11(17)10(16)9(15)5-18-12/h1-5H,6H2. The first-order chi connectivity index (χ1) is 9.50. The van der Waals surface area contributed by atoms with Crippen LogP contribution in [-0.2, 0) is 11.3 Å². The van der Waals surface area contributed by atoms with Gasteiger partial charge in [-0.25, -0.2) is 9.78 Å². The summed E-state index contributed by atoms with van der Waals surface area (Å²) < 4.78 is 6.00. The van der Waals surface area contributed by atoms with Crippen LogP contribution in [0, 0.1) is 0 Å². The first-order valence-corrected chi connectivity index (χ1v) is 7.33. The molecule has 0 aliphatic carbocycles. The van der Waals surface area contributed by atoms with Crippen LogP contribution in [0.4, 0.5) is 0 Å². The van der Waals surface area contributed by atoms with E-state index in [1.165, 1.54) is 6.20 Å². The van der Waals surface area contributed by atoms with Crippen molar-refractivity contribution in [3.05, 3.63) is 61.3 Å². The Morgan fingerprint density at radius 1 is 1.20 bits per heavy atom. The zero-order chi connectivity index (χ0) is 14.7. The van der Waals surface area contributed by atoms with Crippen LogP contribution in [0.15, 0.2) is 34.9 Å². The summed E-state index contributed by atoms with van der Waals surface area (Å²) in [4.78, 5) is 15.8. The summed E-state index contributed by atoms with van der Waals surface area (Å²) in [6, 6.07) is 7.40. The number of benzene rings is 1. The summed E-state index contributed by atoms with van der Waals surface area (Å²) >= 11 is 20.9. The van der Waals surface area contributed by atoms with Gasteiger partial charge < -0.3 is 4.74 Å². The molecule has 0 fully saturated rings. The minimum Gasteiger partial charge on any atom is -0.456 e. The Bertz CT molecular complexity index is 664. The zero-order valence-corrected chi connectivity index (χ0v) is 13.7. The monoisotopic (exact) mass is 393 g/mol. The molecule has 0 amide bonds. The van der Waals surface area contributed by atoms with Crippen molar-refractivity contribution in [2.45, 2.75) is 6.61 Å². The number of nitrogens with zero attached hydrogens (tertiary/aromatic N) is 1. The van der Waals surface area contributed by atoms with Crippen molar-refractivity contribution in [3.8, 4) is 0 Å². The number of hydrogen-bond acceptors (Lipinski definition) is 3. The van der Waals surface area contributed by atoms with Crippen LogP contribution in [0.25, 0.3) is 0 Å². The van der Waals surface area contributed by atoms with Crippen LogP contribution < -0.4 is 0 Å². The fraction of sp³-hybridized carbons (Fsp3) is 0.0769. The summed E-state index contributed by atoms with van der Waals surface area (Å²) in [5, 5.41) is 0.242. The number of rotatable bonds is 3. The fourth-order valence-electron chi connectivity index (χ4n) is 1.41. The van der Waals surface area contributed by atoms with Gasteiger partial charge in [-0.1, -0.05) is 68.9 Å². The van der Waals surface area contributed by atoms with Gasteiger partial charge in [-0.3, -0.25) is 0 Å². The predicted octanol–water partition coefficient (Wildman–Crippen LogP) is 5.16. The molecule has 0 aliphatic heterocycles. The van der Waals surface area contributed by atoms with E-state index in [1.54, 1.807) is 0 Å². The molecule has 7 heteroatoms. The average Bonchev–Trinajstić information content (AvgIpc) is 2.44. The second-order valence-electron chi connectivity index (χ2n) is 3.75. The molecule has 0 radical (unpaired) electrons. The lowest BCUT2D eigenvalue weighted by molar-refractivity contribution is 0.0465. The molecule has 0 saturated carbocycles. The van der Waals surface area contributed by atoms with Gasteiger partial charge in [-0.05, 0) is 6.07 Å². The van der Waals surface area contributed by atoms with Crippen molar-refractivity contribution in [1.29, 1.82) is 0 Å². The third-order valence-electron chi connectivity index (χ3n) is 2.43. The van der Waals surface area contributed by atoms with E-state index in [-0.39, 0.29) is 27.4 Å². The van der Waals surface area contributed by atoms with Crippen LogP contribution >= 0.6 is 50.7 Å². The first-order valence-electron chi connectivity index (χ1n) is 5.40. The van der Waals surface area contributed by atoms with Crippen LogP contribution in [0.2, 0.25) is 15.1 Å². The molecule has 0 saturated heterocycles. The highest BCUT2D eigenvalue weighted by Gasteiger charge is 2.18. The van der Waals surface area contributed by atoms with Gasteiger partial charge in [0.1, 0.15) is 6.61 Å². The van der Waals surface area contributed by atoms with Gasteiger partial charge in [-0.2, -0.15) is 0 Å². The molecular formula is C13H7BrCl3NO2. The maximum atomic E-state index is 11.9. The van der Waals surface area contributed by atoms with Crippen LogP contribution in [-0.4, -0.2) is 11.0 Å². The number of halogens is 4. The highest BCUT2D eigenvalue weighted by Crippen LogP contribution is 2.31. The van der Waals surface area contributed by atoms with Gasteiger partial charge in [0.15, 0.2) is 5.69 Å². The molecule has 0 aliphatic rings. The van der Waals surface area contributed by atoms with E-state index in [4.69, 9.17) is 39.5 Å². The molecule has 0 unspecified atom stereocenters. The molecule has 3 nitrogen and oxygen atoms in total.